The van der Waals surface area contributed by atoms with E-state index in [0.717, 1.165) is 0 Å². The van der Waals surface area contributed by atoms with Gasteiger partial charge >= 0.3 is 0 Å². The zero-order valence-electron chi connectivity index (χ0n) is 13.2. The van der Waals surface area contributed by atoms with Crippen molar-refractivity contribution in [2.75, 3.05) is 13.6 Å². The maximum Gasteiger partial charge on any atom is 0.240 e. The van der Waals surface area contributed by atoms with Crippen LogP contribution in [0, 0.1) is 5.41 Å². The van der Waals surface area contributed by atoms with Crippen LogP contribution in [0.5, 0.6) is 0 Å². The average Bonchev–Trinajstić information content (AvgIpc) is 2.41. The second-order valence-electron chi connectivity index (χ2n) is 5.13. The summed E-state index contributed by atoms with van der Waals surface area (Å²) in [5.74, 6) is -0.775. The number of nitrogens with two attached hydrogens (primary N) is 1. The maximum atomic E-state index is 12.1. The lowest BCUT2D eigenvalue weighted by atomic mass is 10.0. The van der Waals surface area contributed by atoms with E-state index in [1.54, 1.807) is 14.0 Å². The van der Waals surface area contributed by atoms with Gasteiger partial charge in [-0.05, 0) is 33.7 Å². The van der Waals surface area contributed by atoms with E-state index >= 15 is 0 Å². The third kappa shape index (κ3) is 7.62. The minimum absolute atomic E-state index is 0.140. The minimum Gasteiger partial charge on any atom is -0.391 e. The second-order valence-corrected chi connectivity index (χ2v) is 5.90. The van der Waals surface area contributed by atoms with Gasteiger partial charge in [0.15, 0.2) is 11.7 Å². The Bertz CT molecular complexity index is 390. The Morgan fingerprint density at radius 3 is 2.36 bits per heavy atom. The highest BCUT2D eigenvalue weighted by molar-refractivity contribution is 7.81. The van der Waals surface area contributed by atoms with Gasteiger partial charge in [-0.15, -0.1) is 0 Å². The predicted molar refractivity (Wildman–Crippen MR) is 89.1 cm³/mol. The lowest BCUT2D eigenvalue weighted by Gasteiger charge is -2.24. The Morgan fingerprint density at radius 2 is 1.95 bits per heavy atom. The van der Waals surface area contributed by atoms with Gasteiger partial charge in [-0.3, -0.25) is 15.0 Å². The van der Waals surface area contributed by atoms with E-state index in [9.17, 15) is 14.7 Å². The number of carbonyl (C=O) groups excluding carboxylic acids is 2. The summed E-state index contributed by atoms with van der Waals surface area (Å²) in [7, 11) is 1.56. The molecule has 0 aromatic rings. The average molecular weight is 333 g/mol. The number of aliphatic hydroxyl groups is 1. The topological polar surface area (TPSA) is 140 Å². The number of hydrogen-bond acceptors (Lipinski definition) is 6. The number of rotatable bonds is 10. The number of ketones is 1. The van der Waals surface area contributed by atoms with E-state index in [1.807, 2.05) is 0 Å². The zero-order valence-corrected chi connectivity index (χ0v) is 14.1. The first-order valence-corrected chi connectivity index (χ1v) is 7.67. The van der Waals surface area contributed by atoms with E-state index in [1.165, 1.54) is 6.92 Å². The van der Waals surface area contributed by atoms with Crippen LogP contribution in [0.3, 0.4) is 0 Å². The van der Waals surface area contributed by atoms with E-state index in [4.69, 9.17) is 11.1 Å². The summed E-state index contributed by atoms with van der Waals surface area (Å²) < 4.78 is 0. The molecule has 4 atom stereocenters. The van der Waals surface area contributed by atoms with Gasteiger partial charge in [0.1, 0.15) is 6.04 Å². The van der Waals surface area contributed by atoms with Crippen LogP contribution in [0.25, 0.3) is 0 Å². The lowest BCUT2D eigenvalue weighted by Crippen LogP contribution is -2.54. The van der Waals surface area contributed by atoms with Crippen LogP contribution in [-0.4, -0.2) is 59.8 Å². The van der Waals surface area contributed by atoms with Gasteiger partial charge < -0.3 is 26.8 Å². The normalized spacial score (nSPS) is 16.2. The molecule has 0 rings (SSSR count). The molecule has 0 fully saturated rings. The SMILES string of the molecule is CN[C@H](C(=O)N[C@@H](CCCNC(=N)N)C(=O)C(C)S)C(C)O. The Hall–Kier alpha value is -1.32. The lowest BCUT2D eigenvalue weighted by molar-refractivity contribution is -0.130. The van der Waals surface area contributed by atoms with Crippen molar-refractivity contribution < 1.29 is 14.7 Å². The first kappa shape index (κ1) is 20.7. The van der Waals surface area contributed by atoms with Crippen LogP contribution in [0.15, 0.2) is 0 Å². The summed E-state index contributed by atoms with van der Waals surface area (Å²) in [6.07, 6.45) is 0.0651. The molecule has 9 heteroatoms. The van der Waals surface area contributed by atoms with Crippen LogP contribution >= 0.6 is 12.6 Å². The Labute approximate surface area is 136 Å². The number of Topliss-reactive ketones (excluding diaryl/α,β-unsaturated/α-hetero) is 1. The van der Waals surface area contributed by atoms with Crippen LogP contribution in [-0.2, 0) is 9.59 Å². The third-order valence-electron chi connectivity index (χ3n) is 3.13. The molecule has 8 nitrogen and oxygen atoms in total. The first-order valence-electron chi connectivity index (χ1n) is 7.16. The largest absolute Gasteiger partial charge is 0.391 e. The third-order valence-corrected chi connectivity index (χ3v) is 3.39. The summed E-state index contributed by atoms with van der Waals surface area (Å²) in [6.45, 7) is 3.57. The standard InChI is InChI=1S/C13H27N5O3S/c1-7(19)10(16-3)12(21)18-9(11(20)8(2)22)5-4-6-17-13(14)15/h7-10,16,19,22H,4-6H2,1-3H3,(H,18,21)(H4,14,15,17)/t7?,8?,9-,10-/m0/s1. The number of hydrogen-bond donors (Lipinski definition) is 7. The molecule has 0 aliphatic heterocycles. The molecular weight excluding hydrogens is 306 g/mol. The highest BCUT2D eigenvalue weighted by atomic mass is 32.1. The molecule has 7 N–H and O–H groups in total. The zero-order chi connectivity index (χ0) is 17.3. The van der Waals surface area contributed by atoms with Crippen molar-refractivity contribution in [3.63, 3.8) is 0 Å². The van der Waals surface area contributed by atoms with Crippen molar-refractivity contribution in [3.05, 3.63) is 0 Å². The van der Waals surface area contributed by atoms with E-state index < -0.39 is 29.3 Å². The van der Waals surface area contributed by atoms with Crippen LogP contribution in [0.4, 0.5) is 0 Å². The van der Waals surface area contributed by atoms with E-state index in [0.29, 0.717) is 19.4 Å². The highest BCUT2D eigenvalue weighted by Crippen LogP contribution is 2.07. The quantitative estimate of drug-likeness (QED) is 0.113. The molecule has 0 aromatic heterocycles. The molecule has 1 amide bonds. The molecule has 0 aliphatic carbocycles. The van der Waals surface area contributed by atoms with Gasteiger partial charge in [0.25, 0.3) is 0 Å². The van der Waals surface area contributed by atoms with Gasteiger partial charge in [0.05, 0.1) is 17.4 Å². The van der Waals surface area contributed by atoms with Gasteiger partial charge in [0, 0.05) is 6.54 Å². The molecule has 0 heterocycles. The monoisotopic (exact) mass is 333 g/mol. The molecule has 128 valence electrons. The molecule has 0 radical (unpaired) electrons. The molecule has 0 aromatic carbocycles. The summed E-state index contributed by atoms with van der Waals surface area (Å²) in [5.41, 5.74) is 5.18. The smallest absolute Gasteiger partial charge is 0.240 e. The van der Waals surface area contributed by atoms with Gasteiger partial charge in [-0.25, -0.2) is 0 Å². The molecule has 0 saturated heterocycles. The molecule has 0 saturated carbocycles. The van der Waals surface area contributed by atoms with E-state index in [-0.39, 0.29) is 11.7 Å². The van der Waals surface area contributed by atoms with Crippen molar-refractivity contribution in [1.29, 1.82) is 5.41 Å². The van der Waals surface area contributed by atoms with Gasteiger partial charge in [-0.1, -0.05) is 0 Å². The van der Waals surface area contributed by atoms with E-state index in [2.05, 4.69) is 28.6 Å². The summed E-state index contributed by atoms with van der Waals surface area (Å²) in [4.78, 5) is 24.2. The number of thiol groups is 1. The summed E-state index contributed by atoms with van der Waals surface area (Å²) >= 11 is 4.11. The van der Waals surface area contributed by atoms with Crippen molar-refractivity contribution in [1.82, 2.24) is 16.0 Å². The molecule has 2 unspecified atom stereocenters. The van der Waals surface area contributed by atoms with Crippen molar-refractivity contribution in [2.24, 2.45) is 5.73 Å². The van der Waals surface area contributed by atoms with Crippen LogP contribution in [0.2, 0.25) is 0 Å². The second kappa shape index (κ2) is 10.4. The summed E-state index contributed by atoms with van der Waals surface area (Å²) in [6, 6.07) is -1.48. The molecular formula is C13H27N5O3S. The number of guanidine groups is 1. The minimum atomic E-state index is -0.881. The fourth-order valence-corrected chi connectivity index (χ4v) is 2.14. The first-order chi connectivity index (χ1) is 10.2. The number of aliphatic hydroxyl groups excluding tert-OH is 1. The predicted octanol–water partition coefficient (Wildman–Crippen LogP) is -1.41. The number of nitrogens with one attached hydrogen (secondary N) is 4. The maximum absolute atomic E-state index is 12.1. The number of carbonyl (C=O) groups is 2. The van der Waals surface area contributed by atoms with Gasteiger partial charge in [0.2, 0.25) is 5.91 Å². The van der Waals surface area contributed by atoms with Crippen molar-refractivity contribution >= 4 is 30.3 Å². The molecule has 0 bridgehead atoms. The molecule has 0 spiro atoms. The van der Waals surface area contributed by atoms with Gasteiger partial charge in [-0.2, -0.15) is 12.6 Å². The van der Waals surface area contributed by atoms with Crippen molar-refractivity contribution in [2.45, 2.75) is 50.1 Å². The fourth-order valence-electron chi connectivity index (χ4n) is 1.96. The summed E-state index contributed by atoms with van der Waals surface area (Å²) in [5, 5.41) is 24.1. The van der Waals surface area contributed by atoms with Crippen molar-refractivity contribution in [3.8, 4) is 0 Å². The fraction of sp³-hybridized carbons (Fsp3) is 0.769. The number of likely N-dealkylation sites (N-methyl/N-ethyl adjacent to an activating group) is 1. The Balaban J connectivity index is 4.69. The molecule has 22 heavy (non-hydrogen) atoms. The number of amides is 1. The van der Waals surface area contributed by atoms with Crippen LogP contribution in [0.1, 0.15) is 26.7 Å². The van der Waals surface area contributed by atoms with Crippen LogP contribution < -0.4 is 21.7 Å². The Kier molecular flexibility index (Phi) is 9.79. The Morgan fingerprint density at radius 1 is 1.36 bits per heavy atom. The highest BCUT2D eigenvalue weighted by Gasteiger charge is 2.28. The molecule has 0 aliphatic rings.